The topological polar surface area (TPSA) is 82.0 Å². The Morgan fingerprint density at radius 3 is 2.49 bits per heavy atom. The first-order valence-corrected chi connectivity index (χ1v) is 12.8. The van der Waals surface area contributed by atoms with Crippen molar-refractivity contribution in [3.63, 3.8) is 0 Å². The Hall–Kier alpha value is -2.74. The average molecular weight is 486 g/mol. The predicted octanol–water partition coefficient (Wildman–Crippen LogP) is 3.99. The van der Waals surface area contributed by atoms with E-state index < -0.39 is 5.54 Å². The number of amides is 2. The Kier molecular flexibility index (Phi) is 7.59. The number of fused-ring (bicyclic) bond motifs is 3. The molecular formula is C27H39N3O5. The molecule has 35 heavy (non-hydrogen) atoms. The number of nitrogens with zero attached hydrogens (tertiary/aromatic N) is 2. The molecule has 1 atom stereocenters. The van der Waals surface area contributed by atoms with Gasteiger partial charge < -0.3 is 29.0 Å². The van der Waals surface area contributed by atoms with E-state index >= 15 is 0 Å². The van der Waals surface area contributed by atoms with Crippen LogP contribution in [0, 0.1) is 5.92 Å². The van der Waals surface area contributed by atoms with Crippen molar-refractivity contribution < 1.29 is 23.8 Å². The van der Waals surface area contributed by atoms with Crippen LogP contribution in [0.25, 0.3) is 10.9 Å². The molecule has 1 aliphatic carbocycles. The molecule has 1 aromatic heterocycles. The van der Waals surface area contributed by atoms with Crippen LogP contribution in [-0.2, 0) is 16.1 Å². The quantitative estimate of drug-likeness (QED) is 0.543. The lowest BCUT2D eigenvalue weighted by Gasteiger charge is -2.45. The largest absolute Gasteiger partial charge is 0.496 e. The summed E-state index contributed by atoms with van der Waals surface area (Å²) in [5.41, 5.74) is 0.269. The molecule has 2 heterocycles. The minimum Gasteiger partial charge on any atom is -0.496 e. The fourth-order valence-electron chi connectivity index (χ4n) is 5.52. The Labute approximate surface area is 207 Å². The molecule has 2 amide bonds. The summed E-state index contributed by atoms with van der Waals surface area (Å²) in [6, 6.07) is 5.68. The van der Waals surface area contributed by atoms with Crippen LogP contribution >= 0.6 is 0 Å². The molecule has 0 unspecified atom stereocenters. The van der Waals surface area contributed by atoms with Gasteiger partial charge in [-0.25, -0.2) is 0 Å². The molecule has 8 nitrogen and oxygen atoms in total. The summed E-state index contributed by atoms with van der Waals surface area (Å²) >= 11 is 0. The van der Waals surface area contributed by atoms with Crippen LogP contribution in [0.15, 0.2) is 18.2 Å². The monoisotopic (exact) mass is 485 g/mol. The van der Waals surface area contributed by atoms with E-state index in [4.69, 9.17) is 14.2 Å². The molecule has 2 aliphatic rings. The number of hydrogen-bond acceptors (Lipinski definition) is 5. The zero-order valence-electron chi connectivity index (χ0n) is 21.7. The zero-order chi connectivity index (χ0) is 25.2. The van der Waals surface area contributed by atoms with Crippen molar-refractivity contribution in [2.75, 3.05) is 34.0 Å². The average Bonchev–Trinajstić information content (AvgIpc) is 3.23. The molecule has 2 aromatic rings. The Morgan fingerprint density at radius 2 is 1.83 bits per heavy atom. The minimum absolute atomic E-state index is 0.101. The normalized spacial score (nSPS) is 24.4. The Morgan fingerprint density at radius 1 is 1.14 bits per heavy atom. The lowest BCUT2D eigenvalue weighted by molar-refractivity contribution is -0.134. The van der Waals surface area contributed by atoms with Crippen molar-refractivity contribution in [3.05, 3.63) is 23.9 Å². The molecule has 1 saturated carbocycles. The maximum Gasteiger partial charge on any atom is 0.271 e. The van der Waals surface area contributed by atoms with Gasteiger partial charge in [0.2, 0.25) is 5.91 Å². The number of benzene rings is 1. The molecule has 8 heteroatoms. The number of aromatic nitrogens is 1. The molecule has 1 fully saturated rings. The highest BCUT2D eigenvalue weighted by Crippen LogP contribution is 2.40. The summed E-state index contributed by atoms with van der Waals surface area (Å²) < 4.78 is 18.7. The number of methoxy groups -OCH3 is 2. The fourth-order valence-corrected chi connectivity index (χ4v) is 5.52. The second-order valence-electron chi connectivity index (χ2n) is 10.1. The van der Waals surface area contributed by atoms with Gasteiger partial charge in [0, 0.05) is 31.2 Å². The molecule has 192 valence electrons. The number of nitrogens with one attached hydrogen (secondary N) is 1. The molecule has 0 bridgehead atoms. The highest BCUT2D eigenvalue weighted by atomic mass is 16.5. The molecule has 0 saturated heterocycles. The van der Waals surface area contributed by atoms with Crippen LogP contribution in [0.4, 0.5) is 0 Å². The molecule has 1 N–H and O–H groups in total. The molecule has 0 radical (unpaired) electrons. The van der Waals surface area contributed by atoms with E-state index in [1.165, 1.54) is 0 Å². The van der Waals surface area contributed by atoms with E-state index in [1.807, 2.05) is 36.6 Å². The van der Waals surface area contributed by atoms with Gasteiger partial charge >= 0.3 is 0 Å². The summed E-state index contributed by atoms with van der Waals surface area (Å²) in [7, 11) is 3.23. The number of carbonyl (C=O) groups excluding carboxylic acids is 2. The Balaban J connectivity index is 1.73. The zero-order valence-corrected chi connectivity index (χ0v) is 21.7. The van der Waals surface area contributed by atoms with Gasteiger partial charge in [0.25, 0.3) is 5.91 Å². The van der Waals surface area contributed by atoms with Crippen LogP contribution in [0.2, 0.25) is 0 Å². The van der Waals surface area contributed by atoms with Gasteiger partial charge in [-0.05, 0) is 70.1 Å². The van der Waals surface area contributed by atoms with Crippen LogP contribution < -0.4 is 14.8 Å². The number of rotatable bonds is 9. The van der Waals surface area contributed by atoms with E-state index in [0.717, 1.165) is 36.6 Å². The number of ether oxygens (including phenoxy) is 3. The highest BCUT2D eigenvalue weighted by molar-refractivity contribution is 6.05. The molecule has 4 rings (SSSR count). The first-order valence-electron chi connectivity index (χ1n) is 12.8. The third-order valence-electron chi connectivity index (χ3n) is 7.66. The summed E-state index contributed by atoms with van der Waals surface area (Å²) in [6.45, 7) is 8.05. The molecule has 0 spiro atoms. The second-order valence-corrected chi connectivity index (χ2v) is 10.1. The van der Waals surface area contributed by atoms with Crippen molar-refractivity contribution >= 4 is 22.7 Å². The van der Waals surface area contributed by atoms with E-state index in [1.54, 1.807) is 19.1 Å². The molecule has 1 aliphatic heterocycles. The SMILES string of the molecule is CCOCCCN1C(=O)c2cc3c(OC)ccc(OC)c3n2C[C@]1(C)C(=O)NC1CCC(C)CC1. The predicted molar refractivity (Wildman–Crippen MR) is 135 cm³/mol. The van der Waals surface area contributed by atoms with Gasteiger partial charge in [-0.2, -0.15) is 0 Å². The van der Waals surface area contributed by atoms with E-state index in [9.17, 15) is 9.59 Å². The van der Waals surface area contributed by atoms with Crippen molar-refractivity contribution in [1.82, 2.24) is 14.8 Å². The Bertz CT molecular complexity index is 1070. The third-order valence-corrected chi connectivity index (χ3v) is 7.66. The van der Waals surface area contributed by atoms with Gasteiger partial charge in [-0.15, -0.1) is 0 Å². The van der Waals surface area contributed by atoms with Crippen molar-refractivity contribution in [2.24, 2.45) is 5.92 Å². The number of hydrogen-bond donors (Lipinski definition) is 1. The summed E-state index contributed by atoms with van der Waals surface area (Å²) in [4.78, 5) is 29.5. The van der Waals surface area contributed by atoms with E-state index in [2.05, 4.69) is 12.2 Å². The number of carbonyl (C=O) groups is 2. The van der Waals surface area contributed by atoms with Crippen LogP contribution in [0.5, 0.6) is 11.5 Å². The van der Waals surface area contributed by atoms with Gasteiger partial charge in [0.1, 0.15) is 22.7 Å². The smallest absolute Gasteiger partial charge is 0.271 e. The maximum atomic E-state index is 13.9. The van der Waals surface area contributed by atoms with Crippen molar-refractivity contribution in [3.8, 4) is 11.5 Å². The summed E-state index contributed by atoms with van der Waals surface area (Å²) in [5, 5.41) is 4.09. The summed E-state index contributed by atoms with van der Waals surface area (Å²) in [5.74, 6) is 1.75. The fraction of sp³-hybridized carbons (Fsp3) is 0.630. The van der Waals surface area contributed by atoms with Crippen molar-refractivity contribution in [1.29, 1.82) is 0 Å². The van der Waals surface area contributed by atoms with Crippen LogP contribution in [0.1, 0.15) is 63.4 Å². The van der Waals surface area contributed by atoms with E-state index in [0.29, 0.717) is 55.8 Å². The maximum absolute atomic E-state index is 13.9. The molecular weight excluding hydrogens is 446 g/mol. The van der Waals surface area contributed by atoms with Crippen molar-refractivity contribution in [2.45, 2.75) is 71.0 Å². The van der Waals surface area contributed by atoms with Crippen LogP contribution in [-0.4, -0.2) is 66.8 Å². The summed E-state index contributed by atoms with van der Waals surface area (Å²) in [6.07, 6.45) is 4.84. The minimum atomic E-state index is -1.04. The lowest BCUT2D eigenvalue weighted by atomic mass is 9.86. The van der Waals surface area contributed by atoms with Crippen LogP contribution in [0.3, 0.4) is 0 Å². The standard InChI is InChI=1S/C27H39N3O5/c1-6-35-15-7-14-30-25(31)21-16-20-22(33-4)12-13-23(34-5)24(20)29(21)17-27(30,3)26(32)28-19-10-8-18(2)9-11-19/h12-13,16,18-19H,6-11,14-15,17H2,1-5H3,(H,28,32)/t18?,19?,27-/m1/s1. The van der Waals surface area contributed by atoms with E-state index in [-0.39, 0.29) is 17.9 Å². The lowest BCUT2D eigenvalue weighted by Crippen LogP contribution is -2.65. The highest BCUT2D eigenvalue weighted by Gasteiger charge is 2.48. The first-order chi connectivity index (χ1) is 16.8. The molecule has 1 aromatic carbocycles. The van der Waals surface area contributed by atoms with Gasteiger partial charge in [-0.3, -0.25) is 9.59 Å². The third kappa shape index (κ3) is 4.73. The second kappa shape index (κ2) is 10.5. The van der Waals surface area contributed by atoms with Gasteiger partial charge in [-0.1, -0.05) is 6.92 Å². The van der Waals surface area contributed by atoms with Gasteiger partial charge in [0.05, 0.1) is 26.3 Å². The first kappa shape index (κ1) is 25.4. The van der Waals surface area contributed by atoms with Gasteiger partial charge in [0.15, 0.2) is 0 Å².